The van der Waals surface area contributed by atoms with Crippen molar-refractivity contribution in [3.8, 4) is 0 Å². The van der Waals surface area contributed by atoms with Gasteiger partial charge in [0.15, 0.2) is 0 Å². The minimum Gasteiger partial charge on any atom is -0.325 e. The van der Waals surface area contributed by atoms with E-state index < -0.39 is 0 Å². The first-order valence-corrected chi connectivity index (χ1v) is 10.2. The molecular formula is C19H27N5OS. The van der Waals surface area contributed by atoms with E-state index in [9.17, 15) is 4.79 Å². The van der Waals surface area contributed by atoms with Gasteiger partial charge in [0.2, 0.25) is 11.1 Å². The fourth-order valence-electron chi connectivity index (χ4n) is 3.63. The van der Waals surface area contributed by atoms with Crippen molar-refractivity contribution in [2.75, 3.05) is 5.32 Å². The van der Waals surface area contributed by atoms with Crippen LogP contribution in [0.2, 0.25) is 0 Å². The van der Waals surface area contributed by atoms with Gasteiger partial charge in [0.05, 0.1) is 11.3 Å². The SMILES string of the molecule is Cc1cc(C)c(NC(=O)C(C)Sc2nnnn2C2CCCCC2)c(C)c1. The van der Waals surface area contributed by atoms with Gasteiger partial charge in [-0.15, -0.1) is 5.10 Å². The smallest absolute Gasteiger partial charge is 0.237 e. The maximum absolute atomic E-state index is 12.7. The number of nitrogens with one attached hydrogen (secondary N) is 1. The van der Waals surface area contributed by atoms with Crippen molar-refractivity contribution in [2.24, 2.45) is 0 Å². The molecule has 6 nitrogen and oxygen atoms in total. The van der Waals surface area contributed by atoms with Gasteiger partial charge in [-0.2, -0.15) is 0 Å². The number of hydrogen-bond donors (Lipinski definition) is 1. The number of carbonyl (C=O) groups excluding carboxylic acids is 1. The van der Waals surface area contributed by atoms with Gasteiger partial charge in [-0.25, -0.2) is 4.68 Å². The van der Waals surface area contributed by atoms with Crippen molar-refractivity contribution in [2.45, 2.75) is 76.2 Å². The molecule has 26 heavy (non-hydrogen) atoms. The highest BCUT2D eigenvalue weighted by molar-refractivity contribution is 8.00. The fraction of sp³-hybridized carbons (Fsp3) is 0.579. The first-order chi connectivity index (χ1) is 12.5. The Morgan fingerprint density at radius 3 is 2.50 bits per heavy atom. The largest absolute Gasteiger partial charge is 0.325 e. The maximum Gasteiger partial charge on any atom is 0.237 e. The number of carbonyl (C=O) groups is 1. The summed E-state index contributed by atoms with van der Waals surface area (Å²) in [5.41, 5.74) is 4.27. The highest BCUT2D eigenvalue weighted by Gasteiger charge is 2.24. The molecule has 0 spiro atoms. The highest BCUT2D eigenvalue weighted by Crippen LogP contribution is 2.32. The lowest BCUT2D eigenvalue weighted by molar-refractivity contribution is -0.115. The first-order valence-electron chi connectivity index (χ1n) is 9.29. The molecule has 1 aliphatic rings. The highest BCUT2D eigenvalue weighted by atomic mass is 32.2. The van der Waals surface area contributed by atoms with E-state index in [1.165, 1.54) is 36.6 Å². The lowest BCUT2D eigenvalue weighted by atomic mass is 9.96. The number of aromatic nitrogens is 4. The Balaban J connectivity index is 1.68. The predicted molar refractivity (Wildman–Crippen MR) is 105 cm³/mol. The zero-order chi connectivity index (χ0) is 18.7. The van der Waals surface area contributed by atoms with Crippen LogP contribution in [0.15, 0.2) is 17.3 Å². The average molecular weight is 374 g/mol. The van der Waals surface area contributed by atoms with E-state index in [1.807, 2.05) is 25.5 Å². The van der Waals surface area contributed by atoms with Crippen LogP contribution in [0.4, 0.5) is 5.69 Å². The molecule has 1 fully saturated rings. The quantitative estimate of drug-likeness (QED) is 0.794. The van der Waals surface area contributed by atoms with E-state index in [-0.39, 0.29) is 11.2 Å². The Labute approximate surface area is 159 Å². The minimum absolute atomic E-state index is 0.0248. The van der Waals surface area contributed by atoms with Crippen LogP contribution >= 0.6 is 11.8 Å². The average Bonchev–Trinajstić information content (AvgIpc) is 3.06. The zero-order valence-electron chi connectivity index (χ0n) is 16.0. The van der Waals surface area contributed by atoms with Crippen LogP contribution in [0.5, 0.6) is 0 Å². The summed E-state index contributed by atoms with van der Waals surface area (Å²) in [6.07, 6.45) is 5.95. The molecule has 2 aromatic rings. The van der Waals surface area contributed by atoms with Crippen LogP contribution in [0.25, 0.3) is 0 Å². The molecular weight excluding hydrogens is 346 g/mol. The molecule has 1 saturated carbocycles. The topological polar surface area (TPSA) is 72.7 Å². The maximum atomic E-state index is 12.7. The van der Waals surface area contributed by atoms with Crippen molar-refractivity contribution >= 4 is 23.4 Å². The Hall–Kier alpha value is -1.89. The number of thioether (sulfide) groups is 1. The number of aryl methyl sites for hydroxylation is 3. The summed E-state index contributed by atoms with van der Waals surface area (Å²) in [5.74, 6) is -0.0248. The number of nitrogens with zero attached hydrogens (tertiary/aromatic N) is 4. The normalized spacial score (nSPS) is 16.5. The summed E-state index contributed by atoms with van der Waals surface area (Å²) in [4.78, 5) is 12.7. The van der Waals surface area contributed by atoms with Gasteiger partial charge in [0.25, 0.3) is 0 Å². The third-order valence-electron chi connectivity index (χ3n) is 4.96. The van der Waals surface area contributed by atoms with E-state index in [0.29, 0.717) is 6.04 Å². The molecule has 0 bridgehead atoms. The van der Waals surface area contributed by atoms with Gasteiger partial charge in [0, 0.05) is 5.69 Å². The zero-order valence-corrected chi connectivity index (χ0v) is 16.8. The molecule has 1 amide bonds. The van der Waals surface area contributed by atoms with E-state index in [2.05, 4.69) is 39.9 Å². The lowest BCUT2D eigenvalue weighted by Gasteiger charge is -2.22. The fourth-order valence-corrected chi connectivity index (χ4v) is 4.49. The number of benzene rings is 1. The predicted octanol–water partition coefficient (Wildman–Crippen LogP) is 4.22. The number of anilines is 1. The van der Waals surface area contributed by atoms with Crippen LogP contribution in [0.1, 0.15) is 61.8 Å². The van der Waals surface area contributed by atoms with Gasteiger partial charge >= 0.3 is 0 Å². The van der Waals surface area contributed by atoms with Crippen molar-refractivity contribution < 1.29 is 4.79 Å². The molecule has 1 unspecified atom stereocenters. The molecule has 1 atom stereocenters. The summed E-state index contributed by atoms with van der Waals surface area (Å²) in [6.45, 7) is 8.02. The standard InChI is InChI=1S/C19H27N5OS/c1-12-10-13(2)17(14(3)11-12)20-18(25)15(4)26-19-21-22-23-24(19)16-8-6-5-7-9-16/h10-11,15-16H,5-9H2,1-4H3,(H,20,25). The van der Waals surface area contributed by atoms with E-state index >= 15 is 0 Å². The summed E-state index contributed by atoms with van der Waals surface area (Å²) in [7, 11) is 0. The summed E-state index contributed by atoms with van der Waals surface area (Å²) < 4.78 is 1.91. The van der Waals surface area contributed by atoms with E-state index in [4.69, 9.17) is 0 Å². The molecule has 0 saturated heterocycles. The monoisotopic (exact) mass is 373 g/mol. The summed E-state index contributed by atoms with van der Waals surface area (Å²) in [6, 6.07) is 4.53. The van der Waals surface area contributed by atoms with E-state index in [1.54, 1.807) is 0 Å². The third-order valence-corrected chi connectivity index (χ3v) is 6.01. The summed E-state index contributed by atoms with van der Waals surface area (Å²) in [5, 5.41) is 15.7. The van der Waals surface area contributed by atoms with Crippen LogP contribution < -0.4 is 5.32 Å². The van der Waals surface area contributed by atoms with Crippen LogP contribution in [-0.4, -0.2) is 31.4 Å². The van der Waals surface area contributed by atoms with Gasteiger partial charge < -0.3 is 5.32 Å². The van der Waals surface area contributed by atoms with Crippen molar-refractivity contribution in [1.82, 2.24) is 20.2 Å². The Morgan fingerprint density at radius 1 is 1.19 bits per heavy atom. The van der Waals surface area contributed by atoms with Crippen LogP contribution in [0, 0.1) is 20.8 Å². The molecule has 1 aromatic heterocycles. The van der Waals surface area contributed by atoms with Gasteiger partial charge in [0.1, 0.15) is 0 Å². The molecule has 1 aromatic carbocycles. The molecule has 7 heteroatoms. The number of rotatable bonds is 5. The molecule has 140 valence electrons. The molecule has 1 aliphatic carbocycles. The molecule has 1 heterocycles. The minimum atomic E-state index is -0.275. The number of tetrazole rings is 1. The van der Waals surface area contributed by atoms with Crippen LogP contribution in [-0.2, 0) is 4.79 Å². The second-order valence-electron chi connectivity index (χ2n) is 7.22. The van der Waals surface area contributed by atoms with E-state index in [0.717, 1.165) is 34.8 Å². The lowest BCUT2D eigenvalue weighted by Crippen LogP contribution is -2.24. The first kappa shape index (κ1) is 18.9. The molecule has 0 aliphatic heterocycles. The van der Waals surface area contributed by atoms with Crippen molar-refractivity contribution in [1.29, 1.82) is 0 Å². The third kappa shape index (κ3) is 4.26. The molecule has 0 radical (unpaired) electrons. The molecule has 3 rings (SSSR count). The van der Waals surface area contributed by atoms with Crippen molar-refractivity contribution in [3.05, 3.63) is 28.8 Å². The second-order valence-corrected chi connectivity index (χ2v) is 8.53. The van der Waals surface area contributed by atoms with Gasteiger partial charge in [-0.05, 0) is 62.1 Å². The van der Waals surface area contributed by atoms with Gasteiger partial charge in [-0.3, -0.25) is 4.79 Å². The van der Waals surface area contributed by atoms with Crippen LogP contribution in [0.3, 0.4) is 0 Å². The van der Waals surface area contributed by atoms with Gasteiger partial charge in [-0.1, -0.05) is 48.7 Å². The Bertz CT molecular complexity index is 759. The van der Waals surface area contributed by atoms with Crippen molar-refractivity contribution in [3.63, 3.8) is 0 Å². The second kappa shape index (κ2) is 8.20. The Kier molecular flexibility index (Phi) is 5.96. The number of amides is 1. The summed E-state index contributed by atoms with van der Waals surface area (Å²) >= 11 is 1.43. The molecule has 1 N–H and O–H groups in total. The Morgan fingerprint density at radius 2 is 1.85 bits per heavy atom. The number of hydrogen-bond acceptors (Lipinski definition) is 5.